The fourth-order valence-corrected chi connectivity index (χ4v) is 5.67. The van der Waals surface area contributed by atoms with Crippen LogP contribution in [-0.2, 0) is 41.1 Å². The number of fused-ring (bicyclic) bond motifs is 2. The van der Waals surface area contributed by atoms with E-state index in [1.165, 1.54) is 24.0 Å². The van der Waals surface area contributed by atoms with E-state index in [1.54, 1.807) is 20.8 Å². The summed E-state index contributed by atoms with van der Waals surface area (Å²) in [6.07, 6.45) is -0.979. The van der Waals surface area contributed by atoms with Crippen LogP contribution in [0.15, 0.2) is 12.5 Å². The Morgan fingerprint density at radius 2 is 2.08 bits per heavy atom. The molecule has 1 fully saturated rings. The maximum Gasteiger partial charge on any atom is 0.530 e. The van der Waals surface area contributed by atoms with Crippen LogP contribution in [-0.4, -0.2) is 65.1 Å². The standard InChI is InChI=1S/C23H30N7O9P/c1-10(2)20(32)35-6-12-5-26-11(3)16-13(12)7-36-40(34,39-16)37-8-14-17(31)23(4,33)21(38-14)30-9-27-15-18(24)28-22(25)29-19(15)30/h5,9-10,14,17,21,31,33H,6-8H2,1-4H3,(H4,24,25,28,29)/t14-,17+,21-,23+,40?/m1/s1. The van der Waals surface area contributed by atoms with Gasteiger partial charge in [-0.3, -0.25) is 23.4 Å². The predicted octanol–water partition coefficient (Wildman–Crippen LogP) is 1.14. The summed E-state index contributed by atoms with van der Waals surface area (Å²) in [6, 6.07) is 0. The Labute approximate surface area is 228 Å². The number of pyridine rings is 1. The Bertz CT molecular complexity index is 1510. The number of hydrogen-bond acceptors (Lipinski definition) is 15. The fraction of sp³-hybridized carbons (Fsp3) is 0.522. The number of hydrogen-bond donors (Lipinski definition) is 4. The number of nitrogens with two attached hydrogens (primary N) is 2. The highest BCUT2D eigenvalue weighted by atomic mass is 31.2. The molecule has 216 valence electrons. The van der Waals surface area contributed by atoms with Gasteiger partial charge in [-0.1, -0.05) is 13.8 Å². The van der Waals surface area contributed by atoms with Crippen molar-refractivity contribution < 1.29 is 42.6 Å². The van der Waals surface area contributed by atoms with Crippen LogP contribution in [0, 0.1) is 12.8 Å². The van der Waals surface area contributed by atoms with Gasteiger partial charge in [0.2, 0.25) is 5.95 Å². The average molecular weight is 580 g/mol. The van der Waals surface area contributed by atoms with Gasteiger partial charge >= 0.3 is 13.8 Å². The molecule has 0 saturated carbocycles. The molecule has 5 rings (SSSR count). The van der Waals surface area contributed by atoms with Crippen LogP contribution >= 0.6 is 7.82 Å². The van der Waals surface area contributed by atoms with E-state index < -0.39 is 38.5 Å². The molecule has 0 spiro atoms. The van der Waals surface area contributed by atoms with E-state index in [9.17, 15) is 19.6 Å². The SMILES string of the molecule is Cc1ncc(COC(=O)C(C)C)c2c1OP(=O)(OC[C@H]1O[C@@H](n3cnc4c(N)nc(N)nc43)[C@@](C)(O)[C@H]1O)OC2. The second kappa shape index (κ2) is 10.2. The molecule has 2 aliphatic rings. The number of nitrogens with zero attached hydrogens (tertiary/aromatic N) is 5. The van der Waals surface area contributed by atoms with Gasteiger partial charge in [-0.25, -0.2) is 9.55 Å². The Morgan fingerprint density at radius 1 is 1.32 bits per heavy atom. The molecule has 0 amide bonds. The number of imidazole rings is 1. The minimum atomic E-state index is -4.19. The first-order chi connectivity index (χ1) is 18.8. The molecule has 3 aromatic heterocycles. The third-order valence-corrected chi connectivity index (χ3v) is 8.00. The lowest BCUT2D eigenvalue weighted by molar-refractivity contribution is -0.148. The minimum absolute atomic E-state index is 0.0373. The summed E-state index contributed by atoms with van der Waals surface area (Å²) in [4.78, 5) is 28.3. The van der Waals surface area contributed by atoms with Gasteiger partial charge in [0.1, 0.15) is 29.9 Å². The lowest BCUT2D eigenvalue weighted by Gasteiger charge is -2.28. The van der Waals surface area contributed by atoms with Gasteiger partial charge in [0, 0.05) is 17.3 Å². The second-order valence-electron chi connectivity index (χ2n) is 10.0. The summed E-state index contributed by atoms with van der Waals surface area (Å²) in [5.74, 6) is -0.574. The molecule has 0 radical (unpaired) electrons. The van der Waals surface area contributed by atoms with Gasteiger partial charge in [-0.05, 0) is 13.8 Å². The Balaban J connectivity index is 1.31. The van der Waals surface area contributed by atoms with Gasteiger partial charge in [-0.2, -0.15) is 9.97 Å². The summed E-state index contributed by atoms with van der Waals surface area (Å²) in [5.41, 5.74) is 11.6. The lowest BCUT2D eigenvalue weighted by atomic mass is 9.96. The predicted molar refractivity (Wildman–Crippen MR) is 137 cm³/mol. The van der Waals surface area contributed by atoms with E-state index in [4.69, 9.17) is 34.5 Å². The van der Waals surface area contributed by atoms with Crippen LogP contribution in [0.4, 0.5) is 11.8 Å². The van der Waals surface area contributed by atoms with Crippen molar-refractivity contribution in [3.8, 4) is 5.75 Å². The zero-order valence-corrected chi connectivity index (χ0v) is 23.1. The number of carbonyl (C=O) groups is 1. The van der Waals surface area contributed by atoms with Crippen LogP contribution in [0.25, 0.3) is 11.2 Å². The number of aliphatic hydroxyl groups is 2. The highest BCUT2D eigenvalue weighted by Crippen LogP contribution is 2.56. The summed E-state index contributed by atoms with van der Waals surface area (Å²) in [5, 5.41) is 22.0. The molecule has 5 atom stereocenters. The normalized spacial score (nSPS) is 28.0. The van der Waals surface area contributed by atoms with Crippen molar-refractivity contribution in [3.05, 3.63) is 29.3 Å². The first-order valence-electron chi connectivity index (χ1n) is 12.3. The zero-order chi connectivity index (χ0) is 29.0. The number of anilines is 2. The topological polar surface area (TPSA) is 229 Å². The van der Waals surface area contributed by atoms with Gasteiger partial charge in [0.25, 0.3) is 0 Å². The first-order valence-corrected chi connectivity index (χ1v) is 13.8. The van der Waals surface area contributed by atoms with Crippen LogP contribution in [0.5, 0.6) is 5.75 Å². The van der Waals surface area contributed by atoms with Crippen LogP contribution < -0.4 is 16.0 Å². The van der Waals surface area contributed by atoms with Crippen molar-refractivity contribution in [3.63, 3.8) is 0 Å². The number of rotatable bonds is 7. The molecular weight excluding hydrogens is 549 g/mol. The number of aliphatic hydroxyl groups excluding tert-OH is 1. The number of carbonyl (C=O) groups excluding carboxylic acids is 1. The molecule has 5 heterocycles. The quantitative estimate of drug-likeness (QED) is 0.227. The zero-order valence-electron chi connectivity index (χ0n) is 22.2. The Hall–Kier alpha value is -3.40. The van der Waals surface area contributed by atoms with Crippen molar-refractivity contribution in [1.82, 2.24) is 24.5 Å². The van der Waals surface area contributed by atoms with E-state index in [0.717, 1.165) is 0 Å². The van der Waals surface area contributed by atoms with Crippen molar-refractivity contribution in [1.29, 1.82) is 0 Å². The summed E-state index contributed by atoms with van der Waals surface area (Å²) in [6.45, 7) is 5.76. The molecule has 2 aliphatic heterocycles. The first kappa shape index (κ1) is 28.1. The van der Waals surface area contributed by atoms with E-state index >= 15 is 0 Å². The van der Waals surface area contributed by atoms with E-state index in [2.05, 4.69) is 19.9 Å². The minimum Gasteiger partial charge on any atom is -0.461 e. The molecule has 3 aromatic rings. The molecule has 0 aromatic carbocycles. The largest absolute Gasteiger partial charge is 0.530 e. The molecular formula is C23H30N7O9P. The van der Waals surface area contributed by atoms with Crippen LogP contribution in [0.3, 0.4) is 0 Å². The monoisotopic (exact) mass is 579 g/mol. The molecule has 40 heavy (non-hydrogen) atoms. The molecule has 0 bridgehead atoms. The van der Waals surface area contributed by atoms with Crippen molar-refractivity contribution in [2.75, 3.05) is 18.1 Å². The number of phosphoric acid groups is 1. The summed E-state index contributed by atoms with van der Waals surface area (Å²) >= 11 is 0. The lowest BCUT2D eigenvalue weighted by Crippen LogP contribution is -2.44. The van der Waals surface area contributed by atoms with Gasteiger partial charge < -0.3 is 35.7 Å². The number of nitrogen functional groups attached to an aromatic ring is 2. The van der Waals surface area contributed by atoms with Crippen molar-refractivity contribution in [2.24, 2.45) is 5.92 Å². The van der Waals surface area contributed by atoms with Gasteiger partial charge in [0.05, 0.1) is 31.2 Å². The van der Waals surface area contributed by atoms with Crippen molar-refractivity contribution in [2.45, 2.75) is 64.9 Å². The molecule has 17 heteroatoms. The number of esters is 1. The van der Waals surface area contributed by atoms with Crippen LogP contribution in [0.1, 0.15) is 43.8 Å². The smallest absolute Gasteiger partial charge is 0.461 e. The maximum atomic E-state index is 13.4. The Morgan fingerprint density at radius 3 is 2.80 bits per heavy atom. The van der Waals surface area contributed by atoms with E-state index in [-0.39, 0.29) is 53.8 Å². The van der Waals surface area contributed by atoms with Crippen molar-refractivity contribution >= 4 is 36.7 Å². The van der Waals surface area contributed by atoms with Crippen LogP contribution in [0.2, 0.25) is 0 Å². The average Bonchev–Trinajstić information content (AvgIpc) is 3.40. The number of aromatic nitrogens is 5. The summed E-state index contributed by atoms with van der Waals surface area (Å²) in [7, 11) is -4.19. The van der Waals surface area contributed by atoms with E-state index in [0.29, 0.717) is 16.8 Å². The van der Waals surface area contributed by atoms with E-state index in [1.807, 2.05) is 0 Å². The summed E-state index contributed by atoms with van der Waals surface area (Å²) < 4.78 is 42.5. The third-order valence-electron chi connectivity index (χ3n) is 6.69. The van der Waals surface area contributed by atoms with Gasteiger partial charge in [0.15, 0.2) is 23.4 Å². The molecule has 16 nitrogen and oxygen atoms in total. The fourth-order valence-electron chi connectivity index (χ4n) is 4.41. The number of ether oxygens (including phenoxy) is 2. The molecule has 1 unspecified atom stereocenters. The second-order valence-corrected chi connectivity index (χ2v) is 11.6. The molecule has 1 saturated heterocycles. The number of aryl methyl sites for hydroxylation is 1. The highest BCUT2D eigenvalue weighted by molar-refractivity contribution is 7.49. The maximum absolute atomic E-state index is 13.4. The Kier molecular flexibility index (Phi) is 7.18. The molecule has 6 N–H and O–H groups in total. The van der Waals surface area contributed by atoms with Gasteiger partial charge in [-0.15, -0.1) is 0 Å². The third kappa shape index (κ3) is 4.98. The number of phosphoric ester groups is 1. The highest BCUT2D eigenvalue weighted by Gasteiger charge is 2.54. The molecule has 0 aliphatic carbocycles.